The van der Waals surface area contributed by atoms with Gasteiger partial charge in [-0.05, 0) is 54.4 Å². The van der Waals surface area contributed by atoms with Crippen LogP contribution in [-0.4, -0.2) is 24.0 Å². The molecule has 182 valence electrons. The number of hydrogen-bond acceptors (Lipinski definition) is 5. The van der Waals surface area contributed by atoms with Crippen LogP contribution in [-0.2, 0) is 16.6 Å². The first-order valence-electron chi connectivity index (χ1n) is 10.7. The number of sulfonamides is 1. The summed E-state index contributed by atoms with van der Waals surface area (Å²) in [6.07, 6.45) is 3.47. The highest BCUT2D eigenvalue weighted by Crippen LogP contribution is 2.35. The lowest BCUT2D eigenvalue weighted by atomic mass is 10.1. The minimum absolute atomic E-state index is 0.0714. The van der Waals surface area contributed by atoms with E-state index >= 15 is 0 Å². The monoisotopic (exact) mass is 541 g/mol. The van der Waals surface area contributed by atoms with Gasteiger partial charge in [-0.3, -0.25) is 0 Å². The van der Waals surface area contributed by atoms with E-state index in [0.717, 1.165) is 0 Å². The van der Waals surface area contributed by atoms with Crippen molar-refractivity contribution in [3.63, 3.8) is 0 Å². The van der Waals surface area contributed by atoms with E-state index in [1.54, 1.807) is 22.9 Å². The smallest absolute Gasteiger partial charge is 0.243 e. The molecular formula is C25H18Cl2FN5O2S. The van der Waals surface area contributed by atoms with Gasteiger partial charge in [-0.25, -0.2) is 22.5 Å². The fraction of sp³-hybridized carbons (Fsp3) is 0.160. The minimum atomic E-state index is -4.13. The van der Waals surface area contributed by atoms with E-state index in [9.17, 15) is 18.1 Å². The summed E-state index contributed by atoms with van der Waals surface area (Å²) in [5, 5.41) is 18.6. The van der Waals surface area contributed by atoms with Gasteiger partial charge in [0.15, 0.2) is 0 Å². The molecule has 2 aromatic carbocycles. The van der Waals surface area contributed by atoms with Crippen molar-refractivity contribution >= 4 is 44.1 Å². The van der Waals surface area contributed by atoms with Crippen molar-refractivity contribution in [1.82, 2.24) is 14.3 Å². The second-order valence-electron chi connectivity index (χ2n) is 8.01. The van der Waals surface area contributed by atoms with Gasteiger partial charge in [-0.15, -0.1) is 0 Å². The maximum absolute atomic E-state index is 13.7. The van der Waals surface area contributed by atoms with Crippen LogP contribution in [0.15, 0.2) is 59.8 Å². The molecule has 1 atom stereocenters. The van der Waals surface area contributed by atoms with E-state index in [-0.39, 0.29) is 27.2 Å². The van der Waals surface area contributed by atoms with Crippen molar-refractivity contribution in [3.8, 4) is 23.3 Å². The van der Waals surface area contributed by atoms with E-state index in [1.165, 1.54) is 36.5 Å². The highest BCUT2D eigenvalue weighted by molar-refractivity contribution is 7.89. The van der Waals surface area contributed by atoms with Crippen molar-refractivity contribution in [1.29, 1.82) is 10.5 Å². The second kappa shape index (κ2) is 10.3. The predicted molar refractivity (Wildman–Crippen MR) is 135 cm³/mol. The summed E-state index contributed by atoms with van der Waals surface area (Å²) in [7, 11) is -4.13. The largest absolute Gasteiger partial charge is 0.345 e. The molecule has 0 bridgehead atoms. The fourth-order valence-corrected chi connectivity index (χ4v) is 6.41. The third-order valence-corrected chi connectivity index (χ3v) is 8.11. The Morgan fingerprint density at radius 3 is 2.39 bits per heavy atom. The molecule has 11 heteroatoms. The molecule has 0 spiro atoms. The van der Waals surface area contributed by atoms with Crippen LogP contribution in [0.3, 0.4) is 0 Å². The van der Waals surface area contributed by atoms with Crippen LogP contribution in [0.5, 0.6) is 0 Å². The topological polar surface area (TPSA) is 112 Å². The van der Waals surface area contributed by atoms with Gasteiger partial charge in [-0.2, -0.15) is 10.5 Å². The summed E-state index contributed by atoms with van der Waals surface area (Å²) in [6, 6.07) is 13.7. The van der Waals surface area contributed by atoms with Crippen LogP contribution in [0, 0.1) is 28.5 Å². The molecule has 2 heterocycles. The Morgan fingerprint density at radius 2 is 1.81 bits per heavy atom. The number of nitriles is 2. The molecule has 36 heavy (non-hydrogen) atoms. The fourth-order valence-electron chi connectivity index (χ4n) is 3.89. The molecule has 7 nitrogen and oxygen atoms in total. The van der Waals surface area contributed by atoms with Gasteiger partial charge in [0.25, 0.3) is 0 Å². The summed E-state index contributed by atoms with van der Waals surface area (Å²) < 4.78 is 44.6. The Bertz CT molecular complexity index is 1630. The van der Waals surface area contributed by atoms with Crippen molar-refractivity contribution in [3.05, 3.63) is 82.0 Å². The number of fused-ring (bicyclic) bond motifs is 1. The number of halogens is 3. The SMILES string of the molecule is CCC(Cn1cc(C#N)c2cc(F)ccc21)NS(=O)(=O)c1c(Cl)cc(-c2ccc(C#N)nc2)cc1Cl. The Balaban J connectivity index is 1.63. The van der Waals surface area contributed by atoms with Gasteiger partial charge in [0.2, 0.25) is 10.0 Å². The summed E-state index contributed by atoms with van der Waals surface area (Å²) in [6.45, 7) is 2.01. The molecule has 0 radical (unpaired) electrons. The molecule has 0 aliphatic carbocycles. The molecule has 0 saturated carbocycles. The van der Waals surface area contributed by atoms with Crippen LogP contribution < -0.4 is 4.72 Å². The average Bonchev–Trinajstić information content (AvgIpc) is 3.19. The molecule has 1 N–H and O–H groups in total. The Hall–Kier alpha value is -3.47. The molecule has 0 aliphatic rings. The quantitative estimate of drug-likeness (QED) is 0.325. The zero-order valence-electron chi connectivity index (χ0n) is 18.8. The normalized spacial score (nSPS) is 12.3. The minimum Gasteiger partial charge on any atom is -0.345 e. The van der Waals surface area contributed by atoms with Crippen molar-refractivity contribution in [2.45, 2.75) is 30.8 Å². The van der Waals surface area contributed by atoms with Gasteiger partial charge in [0, 0.05) is 41.4 Å². The number of rotatable bonds is 7. The molecule has 2 aromatic heterocycles. The number of nitrogens with zero attached hydrogens (tertiary/aromatic N) is 4. The standard InChI is InChI=1S/C25H18Cl2FN5O2S/c1-2-19(14-33-13-17(10-29)21-9-18(28)4-6-24(21)33)32-36(34,35)25-22(26)7-16(8-23(25)27)15-3-5-20(11-30)31-12-15/h3-9,12-13,19,32H,2,14H2,1H3. The summed E-state index contributed by atoms with van der Waals surface area (Å²) in [4.78, 5) is 3.75. The maximum atomic E-state index is 13.7. The molecule has 0 amide bonds. The molecule has 1 unspecified atom stereocenters. The summed E-state index contributed by atoms with van der Waals surface area (Å²) >= 11 is 12.8. The Kier molecular flexibility index (Phi) is 7.30. The number of hydrogen-bond donors (Lipinski definition) is 1. The first-order chi connectivity index (χ1) is 17.2. The van der Waals surface area contributed by atoms with Crippen molar-refractivity contribution in [2.24, 2.45) is 0 Å². The lowest BCUT2D eigenvalue weighted by Gasteiger charge is -2.20. The van der Waals surface area contributed by atoms with E-state index < -0.39 is 21.9 Å². The van der Waals surface area contributed by atoms with Crippen LogP contribution in [0.4, 0.5) is 4.39 Å². The van der Waals surface area contributed by atoms with E-state index in [1.807, 2.05) is 19.1 Å². The van der Waals surface area contributed by atoms with E-state index in [2.05, 4.69) is 9.71 Å². The molecule has 0 saturated heterocycles. The molecule has 4 aromatic rings. The lowest BCUT2D eigenvalue weighted by molar-refractivity contribution is 0.491. The molecule has 4 rings (SSSR count). The first-order valence-corrected chi connectivity index (χ1v) is 13.0. The van der Waals surface area contributed by atoms with E-state index in [4.69, 9.17) is 28.5 Å². The highest BCUT2D eigenvalue weighted by atomic mass is 35.5. The zero-order chi connectivity index (χ0) is 26.0. The van der Waals surface area contributed by atoms with Crippen LogP contribution >= 0.6 is 23.2 Å². The van der Waals surface area contributed by atoms with Gasteiger partial charge in [-0.1, -0.05) is 30.1 Å². The number of nitrogens with one attached hydrogen (secondary N) is 1. The Morgan fingerprint density at radius 1 is 1.08 bits per heavy atom. The number of pyridine rings is 1. The van der Waals surface area contributed by atoms with Gasteiger partial charge < -0.3 is 4.57 Å². The maximum Gasteiger partial charge on any atom is 0.243 e. The predicted octanol–water partition coefficient (Wildman–Crippen LogP) is 5.65. The highest BCUT2D eigenvalue weighted by Gasteiger charge is 2.26. The first kappa shape index (κ1) is 25.6. The van der Waals surface area contributed by atoms with Crippen LogP contribution in [0.25, 0.3) is 22.0 Å². The molecule has 0 aliphatic heterocycles. The summed E-state index contributed by atoms with van der Waals surface area (Å²) in [5.41, 5.74) is 2.31. The van der Waals surface area contributed by atoms with Gasteiger partial charge >= 0.3 is 0 Å². The molecule has 0 fully saturated rings. The van der Waals surface area contributed by atoms with Crippen molar-refractivity contribution in [2.75, 3.05) is 0 Å². The van der Waals surface area contributed by atoms with Crippen LogP contribution in [0.1, 0.15) is 24.6 Å². The van der Waals surface area contributed by atoms with Gasteiger partial charge in [0.05, 0.1) is 15.6 Å². The van der Waals surface area contributed by atoms with E-state index in [0.29, 0.717) is 34.0 Å². The summed E-state index contributed by atoms with van der Waals surface area (Å²) in [5.74, 6) is -0.464. The van der Waals surface area contributed by atoms with Crippen molar-refractivity contribution < 1.29 is 12.8 Å². The van der Waals surface area contributed by atoms with Crippen LogP contribution in [0.2, 0.25) is 10.0 Å². The lowest BCUT2D eigenvalue weighted by Crippen LogP contribution is -2.37. The van der Waals surface area contributed by atoms with Gasteiger partial charge in [0.1, 0.15) is 28.5 Å². The number of aromatic nitrogens is 2. The number of benzene rings is 2. The average molecular weight is 542 g/mol. The second-order valence-corrected chi connectivity index (χ2v) is 10.5. The Labute approximate surface area is 217 Å². The zero-order valence-corrected chi connectivity index (χ0v) is 21.2. The third kappa shape index (κ3) is 5.06. The molecular weight excluding hydrogens is 524 g/mol. The third-order valence-electron chi connectivity index (χ3n) is 5.67.